The third-order valence-electron chi connectivity index (χ3n) is 2.40. The third kappa shape index (κ3) is 3.49. The number of nitrogens with one attached hydrogen (secondary N) is 1. The predicted octanol–water partition coefficient (Wildman–Crippen LogP) is 5.26. The maximum absolute atomic E-state index is 12.1. The zero-order chi connectivity index (χ0) is 14.9. The van der Waals surface area contributed by atoms with Gasteiger partial charge in [0.1, 0.15) is 0 Å². The molecule has 2 rings (SSSR count). The lowest BCUT2D eigenvalue weighted by atomic mass is 10.2. The second-order valence-corrected chi connectivity index (χ2v) is 5.61. The molecular formula is C13H7Cl4NO2. The molecule has 0 aliphatic carbocycles. The molecule has 0 aromatic heterocycles. The van der Waals surface area contributed by atoms with E-state index >= 15 is 0 Å². The molecule has 0 fully saturated rings. The van der Waals surface area contributed by atoms with Crippen LogP contribution >= 0.6 is 46.4 Å². The summed E-state index contributed by atoms with van der Waals surface area (Å²) in [7, 11) is 0. The summed E-state index contributed by atoms with van der Waals surface area (Å²) >= 11 is 23.2. The van der Waals surface area contributed by atoms with Gasteiger partial charge >= 0.3 is 0 Å². The molecule has 0 atom stereocenters. The van der Waals surface area contributed by atoms with Crippen LogP contribution in [0.5, 0.6) is 5.75 Å². The Hall–Kier alpha value is -1.13. The Kier molecular flexibility index (Phi) is 4.66. The van der Waals surface area contributed by atoms with Crippen LogP contribution in [0.1, 0.15) is 10.4 Å². The maximum atomic E-state index is 12.1. The summed E-state index contributed by atoms with van der Waals surface area (Å²) in [5, 5.41) is 13.2. The van der Waals surface area contributed by atoms with Crippen LogP contribution < -0.4 is 5.32 Å². The minimum absolute atomic E-state index is 0.0388. The first-order chi connectivity index (χ1) is 9.36. The van der Waals surface area contributed by atoms with Crippen molar-refractivity contribution in [3.8, 4) is 5.75 Å². The number of phenolic OH excluding ortho intramolecular Hbond substituents is 1. The lowest BCUT2D eigenvalue weighted by Gasteiger charge is -2.09. The molecule has 0 aliphatic heterocycles. The van der Waals surface area contributed by atoms with Crippen molar-refractivity contribution in [2.45, 2.75) is 0 Å². The van der Waals surface area contributed by atoms with E-state index in [0.717, 1.165) is 0 Å². The lowest BCUT2D eigenvalue weighted by molar-refractivity contribution is 0.102. The van der Waals surface area contributed by atoms with E-state index < -0.39 is 5.91 Å². The summed E-state index contributed by atoms with van der Waals surface area (Å²) in [6, 6.07) is 7.16. The van der Waals surface area contributed by atoms with Gasteiger partial charge in [0.2, 0.25) is 0 Å². The average molecular weight is 351 g/mol. The van der Waals surface area contributed by atoms with Gasteiger partial charge in [-0.2, -0.15) is 0 Å². The molecule has 104 valence electrons. The first-order valence-corrected chi connectivity index (χ1v) is 6.83. The smallest absolute Gasteiger partial charge is 0.255 e. The topological polar surface area (TPSA) is 49.3 Å². The fourth-order valence-corrected chi connectivity index (χ4v) is 2.56. The highest BCUT2D eigenvalue weighted by Crippen LogP contribution is 2.35. The Morgan fingerprint density at radius 3 is 2.05 bits per heavy atom. The number of carbonyl (C=O) groups is 1. The summed E-state index contributed by atoms with van der Waals surface area (Å²) in [6.45, 7) is 0. The molecule has 2 aromatic rings. The van der Waals surface area contributed by atoms with Gasteiger partial charge in [0.15, 0.2) is 5.75 Å². The quantitative estimate of drug-likeness (QED) is 0.726. The van der Waals surface area contributed by atoms with Crippen molar-refractivity contribution in [1.29, 1.82) is 0 Å². The van der Waals surface area contributed by atoms with Gasteiger partial charge < -0.3 is 10.4 Å². The largest absolute Gasteiger partial charge is 0.504 e. The van der Waals surface area contributed by atoms with Crippen molar-refractivity contribution in [2.24, 2.45) is 0 Å². The van der Waals surface area contributed by atoms with Gasteiger partial charge in [-0.1, -0.05) is 46.4 Å². The Balaban J connectivity index is 2.32. The fourth-order valence-electron chi connectivity index (χ4n) is 1.54. The molecule has 20 heavy (non-hydrogen) atoms. The lowest BCUT2D eigenvalue weighted by Crippen LogP contribution is -2.12. The summed E-state index contributed by atoms with van der Waals surface area (Å²) in [6.07, 6.45) is 0. The second kappa shape index (κ2) is 6.10. The van der Waals surface area contributed by atoms with E-state index in [9.17, 15) is 9.90 Å². The zero-order valence-electron chi connectivity index (χ0n) is 9.75. The van der Waals surface area contributed by atoms with Gasteiger partial charge in [-0.15, -0.1) is 0 Å². The van der Waals surface area contributed by atoms with Crippen molar-refractivity contribution in [3.05, 3.63) is 56.0 Å². The molecule has 0 saturated heterocycles. The number of hydrogen-bond donors (Lipinski definition) is 2. The Labute approximate surface area is 135 Å². The summed E-state index contributed by atoms with van der Waals surface area (Å²) < 4.78 is 0. The molecule has 7 heteroatoms. The highest BCUT2D eigenvalue weighted by atomic mass is 35.5. The van der Waals surface area contributed by atoms with E-state index in [1.165, 1.54) is 30.3 Å². The van der Waals surface area contributed by atoms with Gasteiger partial charge in [0.25, 0.3) is 5.91 Å². The van der Waals surface area contributed by atoms with Crippen molar-refractivity contribution < 1.29 is 9.90 Å². The first kappa shape index (κ1) is 15.3. The van der Waals surface area contributed by atoms with Crippen LogP contribution in [0.15, 0.2) is 30.3 Å². The number of phenols is 1. The number of halogens is 4. The van der Waals surface area contributed by atoms with Gasteiger partial charge in [0.05, 0.1) is 10.7 Å². The molecule has 0 spiro atoms. The second-order valence-electron chi connectivity index (χ2n) is 3.90. The predicted molar refractivity (Wildman–Crippen MR) is 82.5 cm³/mol. The molecule has 0 unspecified atom stereocenters. The minimum atomic E-state index is -0.497. The molecule has 0 radical (unpaired) electrons. The molecule has 0 saturated carbocycles. The van der Waals surface area contributed by atoms with Crippen LogP contribution in [0.4, 0.5) is 5.69 Å². The number of benzene rings is 2. The number of amides is 1. The molecule has 1 amide bonds. The summed E-state index contributed by atoms with van der Waals surface area (Å²) in [5.74, 6) is -0.763. The molecular weight excluding hydrogens is 344 g/mol. The van der Waals surface area contributed by atoms with Crippen molar-refractivity contribution in [1.82, 2.24) is 0 Å². The Bertz CT molecular complexity index is 668. The van der Waals surface area contributed by atoms with Crippen molar-refractivity contribution >= 4 is 58.0 Å². The third-order valence-corrected chi connectivity index (χ3v) is 3.34. The van der Waals surface area contributed by atoms with E-state index in [2.05, 4.69) is 5.32 Å². The van der Waals surface area contributed by atoms with E-state index in [1.54, 1.807) is 0 Å². The number of anilines is 1. The fraction of sp³-hybridized carbons (Fsp3) is 0. The molecule has 2 aromatic carbocycles. The monoisotopic (exact) mass is 349 g/mol. The van der Waals surface area contributed by atoms with E-state index in [1.807, 2.05) is 0 Å². The molecule has 3 nitrogen and oxygen atoms in total. The Morgan fingerprint density at radius 2 is 1.45 bits per heavy atom. The number of aromatic hydroxyl groups is 1. The van der Waals surface area contributed by atoms with Gasteiger partial charge in [0, 0.05) is 20.6 Å². The van der Waals surface area contributed by atoms with Crippen LogP contribution in [0.3, 0.4) is 0 Å². The van der Waals surface area contributed by atoms with E-state index in [4.69, 9.17) is 46.4 Å². The van der Waals surface area contributed by atoms with Crippen LogP contribution in [-0.2, 0) is 0 Å². The standard InChI is InChI=1S/C13H7Cl4NO2/c14-7-1-6(2-8(15)3-7)13(20)18-11-5-9(16)4-10(17)12(11)19/h1-5,19H,(H,18,20). The molecule has 0 heterocycles. The van der Waals surface area contributed by atoms with Gasteiger partial charge in [-0.05, 0) is 30.3 Å². The van der Waals surface area contributed by atoms with Crippen LogP contribution in [0.25, 0.3) is 0 Å². The average Bonchev–Trinajstić information content (AvgIpc) is 2.34. The first-order valence-electron chi connectivity index (χ1n) is 5.32. The number of carbonyl (C=O) groups excluding carboxylic acids is 1. The highest BCUT2D eigenvalue weighted by molar-refractivity contribution is 6.37. The minimum Gasteiger partial charge on any atom is -0.504 e. The van der Waals surface area contributed by atoms with Crippen LogP contribution in [0, 0.1) is 0 Å². The van der Waals surface area contributed by atoms with Crippen LogP contribution in [0.2, 0.25) is 20.1 Å². The molecule has 0 bridgehead atoms. The van der Waals surface area contributed by atoms with E-state index in [0.29, 0.717) is 10.0 Å². The normalized spacial score (nSPS) is 10.4. The summed E-state index contributed by atoms with van der Waals surface area (Å²) in [5.41, 5.74) is 0.349. The van der Waals surface area contributed by atoms with Crippen molar-refractivity contribution in [2.75, 3.05) is 5.32 Å². The molecule has 2 N–H and O–H groups in total. The number of rotatable bonds is 2. The molecule has 0 aliphatic rings. The zero-order valence-corrected chi connectivity index (χ0v) is 12.8. The maximum Gasteiger partial charge on any atom is 0.255 e. The van der Waals surface area contributed by atoms with Gasteiger partial charge in [-0.3, -0.25) is 4.79 Å². The van der Waals surface area contributed by atoms with Gasteiger partial charge in [-0.25, -0.2) is 0 Å². The highest BCUT2D eigenvalue weighted by Gasteiger charge is 2.13. The SMILES string of the molecule is O=C(Nc1cc(Cl)cc(Cl)c1O)c1cc(Cl)cc(Cl)c1. The number of hydrogen-bond acceptors (Lipinski definition) is 2. The van der Waals surface area contributed by atoms with Crippen LogP contribution in [-0.4, -0.2) is 11.0 Å². The summed E-state index contributed by atoms with van der Waals surface area (Å²) in [4.78, 5) is 12.1. The van der Waals surface area contributed by atoms with Crippen molar-refractivity contribution in [3.63, 3.8) is 0 Å². The Morgan fingerprint density at radius 1 is 0.900 bits per heavy atom. The van der Waals surface area contributed by atoms with E-state index in [-0.39, 0.29) is 27.0 Å².